The third kappa shape index (κ3) is 5.35. The van der Waals surface area contributed by atoms with Crippen LogP contribution in [0.4, 0.5) is 33.6 Å². The maximum absolute atomic E-state index is 14.1. The zero-order valence-electron chi connectivity index (χ0n) is 20.6. The second-order valence-corrected chi connectivity index (χ2v) is 9.05. The van der Waals surface area contributed by atoms with E-state index in [1.54, 1.807) is 58.2 Å². The topological polar surface area (TPSA) is 108 Å². The maximum Gasteiger partial charge on any atom is 0.330 e. The molecule has 10 nitrogen and oxygen atoms in total. The van der Waals surface area contributed by atoms with Crippen LogP contribution in [0.15, 0.2) is 79.6 Å². The van der Waals surface area contributed by atoms with E-state index in [1.165, 1.54) is 6.08 Å². The number of halogens is 1. The van der Waals surface area contributed by atoms with Crippen LogP contribution in [0.1, 0.15) is 11.1 Å². The first kappa shape index (κ1) is 25.0. The molecule has 2 aromatic heterocycles. The first-order chi connectivity index (χ1) is 18.4. The molecule has 1 aliphatic heterocycles. The molecule has 3 amide bonds. The summed E-state index contributed by atoms with van der Waals surface area (Å²) in [5, 5.41) is 10.2. The molecular weight excluding hydrogens is 504 g/mol. The van der Waals surface area contributed by atoms with Crippen molar-refractivity contribution in [1.29, 1.82) is 0 Å². The number of carbonyl (C=O) groups is 2. The molecule has 5 rings (SSSR count). The summed E-state index contributed by atoms with van der Waals surface area (Å²) in [7, 11) is 1.76. The number of carbonyl (C=O) groups excluding carboxylic acids is 2. The second kappa shape index (κ2) is 10.7. The van der Waals surface area contributed by atoms with Crippen LogP contribution in [0.25, 0.3) is 0 Å². The van der Waals surface area contributed by atoms with Gasteiger partial charge in [0.2, 0.25) is 11.9 Å². The van der Waals surface area contributed by atoms with E-state index >= 15 is 0 Å². The van der Waals surface area contributed by atoms with Crippen molar-refractivity contribution in [1.82, 2.24) is 24.6 Å². The molecule has 0 aliphatic carbocycles. The average molecular weight is 529 g/mol. The number of nitrogens with zero attached hydrogens (tertiary/aromatic N) is 6. The lowest BCUT2D eigenvalue weighted by Crippen LogP contribution is -2.40. The van der Waals surface area contributed by atoms with Crippen LogP contribution < -0.4 is 15.5 Å². The molecule has 192 valence electrons. The van der Waals surface area contributed by atoms with E-state index in [4.69, 9.17) is 16.6 Å². The summed E-state index contributed by atoms with van der Waals surface area (Å²) in [6.45, 7) is 4.41. The van der Waals surface area contributed by atoms with Crippen LogP contribution in [0.2, 0.25) is 5.15 Å². The van der Waals surface area contributed by atoms with Gasteiger partial charge in [-0.25, -0.2) is 14.7 Å². The smallest absolute Gasteiger partial charge is 0.322 e. The van der Waals surface area contributed by atoms with E-state index < -0.39 is 0 Å². The summed E-state index contributed by atoms with van der Waals surface area (Å²) >= 11 is 6.22. The SMILES string of the molecule is C=CC(=O)Nc1cccc(N2C(=O)N(Cc3ccccc3)CCc3cnc(Nc4cn(C)nc4Cl)nc32)c1. The minimum absolute atomic E-state index is 0.246. The molecule has 4 aromatic rings. The minimum atomic E-state index is -0.349. The Morgan fingerprint density at radius 3 is 2.74 bits per heavy atom. The number of amides is 3. The highest BCUT2D eigenvalue weighted by atomic mass is 35.5. The summed E-state index contributed by atoms with van der Waals surface area (Å²) in [5.41, 5.74) is 3.42. The Kier molecular flexibility index (Phi) is 7.05. The predicted octanol–water partition coefficient (Wildman–Crippen LogP) is 5.05. The zero-order chi connectivity index (χ0) is 26.6. The van der Waals surface area contributed by atoms with Crippen molar-refractivity contribution < 1.29 is 9.59 Å². The number of aromatic nitrogens is 4. The highest BCUT2D eigenvalue weighted by Gasteiger charge is 2.31. The number of urea groups is 1. The van der Waals surface area contributed by atoms with Crippen molar-refractivity contribution in [3.63, 3.8) is 0 Å². The van der Waals surface area contributed by atoms with Gasteiger partial charge < -0.3 is 15.5 Å². The first-order valence-corrected chi connectivity index (χ1v) is 12.3. The predicted molar refractivity (Wildman–Crippen MR) is 147 cm³/mol. The molecule has 0 bridgehead atoms. The fourth-order valence-corrected chi connectivity index (χ4v) is 4.39. The Morgan fingerprint density at radius 1 is 1.18 bits per heavy atom. The average Bonchev–Trinajstić information content (AvgIpc) is 3.16. The molecule has 0 fully saturated rings. The number of hydrogen-bond acceptors (Lipinski definition) is 6. The number of anilines is 5. The molecule has 11 heteroatoms. The Balaban J connectivity index is 1.56. The van der Waals surface area contributed by atoms with Gasteiger partial charge >= 0.3 is 6.03 Å². The standard InChI is InChI=1S/C27H25ClN8O2/c1-3-23(37)30-20-10-7-11-21(14-20)36-25-19(12-13-35(27(36)38)16-18-8-5-4-6-9-18)15-29-26(32-25)31-22-17-34(2)33-24(22)28/h3-11,14-15,17H,1,12-13,16H2,2H3,(H,30,37)(H,29,31,32). The number of benzene rings is 2. The monoisotopic (exact) mass is 528 g/mol. The van der Waals surface area contributed by atoms with Crippen molar-refractivity contribution in [2.24, 2.45) is 7.05 Å². The maximum atomic E-state index is 14.1. The Bertz CT molecular complexity index is 1500. The van der Waals surface area contributed by atoms with Crippen LogP contribution >= 0.6 is 11.6 Å². The molecule has 0 saturated heterocycles. The van der Waals surface area contributed by atoms with Crippen molar-refractivity contribution >= 4 is 52.4 Å². The van der Waals surface area contributed by atoms with Crippen LogP contribution in [-0.2, 0) is 24.8 Å². The third-order valence-corrected chi connectivity index (χ3v) is 6.25. The molecule has 0 radical (unpaired) electrons. The van der Waals surface area contributed by atoms with E-state index in [2.05, 4.69) is 27.3 Å². The summed E-state index contributed by atoms with van der Waals surface area (Å²) in [6.07, 6.45) is 5.18. The van der Waals surface area contributed by atoms with Gasteiger partial charge in [0.15, 0.2) is 5.15 Å². The van der Waals surface area contributed by atoms with E-state index in [0.29, 0.717) is 42.4 Å². The zero-order valence-corrected chi connectivity index (χ0v) is 21.4. The van der Waals surface area contributed by atoms with Crippen molar-refractivity contribution in [3.8, 4) is 0 Å². The molecule has 2 aromatic carbocycles. The van der Waals surface area contributed by atoms with Gasteiger partial charge in [-0.05, 0) is 36.3 Å². The normalized spacial score (nSPS) is 13.1. The molecular formula is C27H25ClN8O2. The second-order valence-electron chi connectivity index (χ2n) is 8.69. The van der Waals surface area contributed by atoms with E-state index in [1.807, 2.05) is 30.3 Å². The van der Waals surface area contributed by atoms with Crippen molar-refractivity contribution in [3.05, 3.63) is 95.9 Å². The number of hydrogen-bond donors (Lipinski definition) is 2. The van der Waals surface area contributed by atoms with Crippen molar-refractivity contribution in [2.75, 3.05) is 22.1 Å². The van der Waals surface area contributed by atoms with E-state index in [0.717, 1.165) is 11.1 Å². The van der Waals surface area contributed by atoms with E-state index in [9.17, 15) is 9.59 Å². The number of aryl methyl sites for hydroxylation is 1. The van der Waals surface area contributed by atoms with Gasteiger partial charge in [-0.1, -0.05) is 54.6 Å². The number of rotatable bonds is 7. The Labute approximate surface area is 224 Å². The highest BCUT2D eigenvalue weighted by Crippen LogP contribution is 2.34. The van der Waals surface area contributed by atoms with Gasteiger partial charge in [-0.3, -0.25) is 9.48 Å². The lowest BCUT2D eigenvalue weighted by molar-refractivity contribution is -0.111. The lowest BCUT2D eigenvalue weighted by atomic mass is 10.2. The van der Waals surface area contributed by atoms with Crippen LogP contribution in [0.5, 0.6) is 0 Å². The quantitative estimate of drug-likeness (QED) is 0.325. The first-order valence-electron chi connectivity index (χ1n) is 11.9. The Morgan fingerprint density at radius 2 is 2.00 bits per heavy atom. The highest BCUT2D eigenvalue weighted by molar-refractivity contribution is 6.32. The van der Waals surface area contributed by atoms with Gasteiger partial charge in [-0.15, -0.1) is 0 Å². The summed E-state index contributed by atoms with van der Waals surface area (Å²) < 4.78 is 1.58. The fourth-order valence-electron chi connectivity index (χ4n) is 4.18. The molecule has 38 heavy (non-hydrogen) atoms. The molecule has 2 N–H and O–H groups in total. The largest absolute Gasteiger partial charge is 0.330 e. The molecule has 3 heterocycles. The lowest BCUT2D eigenvalue weighted by Gasteiger charge is -2.28. The van der Waals surface area contributed by atoms with Gasteiger partial charge in [0.25, 0.3) is 0 Å². The van der Waals surface area contributed by atoms with Gasteiger partial charge in [0.05, 0.1) is 11.4 Å². The molecule has 0 atom stereocenters. The third-order valence-electron chi connectivity index (χ3n) is 5.97. The molecule has 0 saturated carbocycles. The van der Waals surface area contributed by atoms with E-state index in [-0.39, 0.29) is 23.0 Å². The molecule has 0 spiro atoms. The Hall–Kier alpha value is -4.70. The van der Waals surface area contributed by atoms with Gasteiger partial charge in [-0.2, -0.15) is 10.1 Å². The molecule has 1 aliphatic rings. The molecule has 0 unspecified atom stereocenters. The summed E-state index contributed by atoms with van der Waals surface area (Å²) in [5.74, 6) is 0.358. The fraction of sp³-hybridized carbons (Fsp3) is 0.148. The van der Waals surface area contributed by atoms with Crippen LogP contribution in [0.3, 0.4) is 0 Å². The van der Waals surface area contributed by atoms with Crippen LogP contribution in [-0.4, -0.2) is 43.1 Å². The van der Waals surface area contributed by atoms with Gasteiger partial charge in [0, 0.05) is 43.8 Å². The van der Waals surface area contributed by atoms with Crippen LogP contribution in [0, 0.1) is 0 Å². The number of nitrogens with one attached hydrogen (secondary N) is 2. The number of fused-ring (bicyclic) bond motifs is 1. The summed E-state index contributed by atoms with van der Waals surface area (Å²) in [4.78, 5) is 38.5. The summed E-state index contributed by atoms with van der Waals surface area (Å²) in [6, 6.07) is 16.6. The van der Waals surface area contributed by atoms with Gasteiger partial charge in [0.1, 0.15) is 5.82 Å². The minimum Gasteiger partial charge on any atom is -0.322 e. The van der Waals surface area contributed by atoms with Crippen molar-refractivity contribution in [2.45, 2.75) is 13.0 Å².